The Morgan fingerprint density at radius 3 is 2.87 bits per heavy atom. The lowest BCUT2D eigenvalue weighted by Gasteiger charge is -2.07. The number of pyridine rings is 1. The van der Waals surface area contributed by atoms with Gasteiger partial charge in [-0.15, -0.1) is 0 Å². The minimum Gasteiger partial charge on any atom is -0.395 e. The average Bonchev–Trinajstić information content (AvgIpc) is 2.26. The van der Waals surface area contributed by atoms with Crippen LogP contribution < -0.4 is 5.32 Å². The molecule has 1 rings (SSSR count). The van der Waals surface area contributed by atoms with E-state index in [0.717, 1.165) is 5.56 Å². The van der Waals surface area contributed by atoms with Gasteiger partial charge in [0.2, 0.25) is 0 Å². The third-order valence-corrected chi connectivity index (χ3v) is 2.09. The number of nitrogens with one attached hydrogen (secondary N) is 1. The van der Waals surface area contributed by atoms with Crippen LogP contribution in [0.4, 0.5) is 0 Å². The molecule has 0 aliphatic heterocycles. The number of carbonyl (C=O) groups is 1. The number of aliphatic hydroxyl groups is 1. The summed E-state index contributed by atoms with van der Waals surface area (Å²) < 4.78 is 0. The van der Waals surface area contributed by atoms with Gasteiger partial charge >= 0.3 is 0 Å². The van der Waals surface area contributed by atoms with E-state index in [1.54, 1.807) is 6.20 Å². The lowest BCUT2D eigenvalue weighted by atomic mass is 10.0. The van der Waals surface area contributed by atoms with Crippen LogP contribution in [0.5, 0.6) is 0 Å². The molecule has 1 amide bonds. The molecular formula is C11H16N2O2. The van der Waals surface area contributed by atoms with Crippen LogP contribution in [0.25, 0.3) is 0 Å². The van der Waals surface area contributed by atoms with Crippen LogP contribution in [-0.4, -0.2) is 29.1 Å². The summed E-state index contributed by atoms with van der Waals surface area (Å²) in [7, 11) is 0. The lowest BCUT2D eigenvalue weighted by molar-refractivity contribution is 0.0944. The molecule has 82 valence electrons. The SMILES string of the molecule is CC(C)c1cncc(C(=O)NCCO)c1. The summed E-state index contributed by atoms with van der Waals surface area (Å²) in [6, 6.07) is 1.82. The van der Waals surface area contributed by atoms with Crippen LogP contribution in [0.15, 0.2) is 18.5 Å². The van der Waals surface area contributed by atoms with Crippen molar-refractivity contribution in [3.63, 3.8) is 0 Å². The number of amides is 1. The summed E-state index contributed by atoms with van der Waals surface area (Å²) in [6.45, 7) is 4.31. The van der Waals surface area contributed by atoms with Gasteiger partial charge in [-0.25, -0.2) is 0 Å². The number of hydrogen-bond acceptors (Lipinski definition) is 3. The predicted octanol–water partition coefficient (Wildman–Crippen LogP) is 0.927. The average molecular weight is 208 g/mol. The van der Waals surface area contributed by atoms with Crippen LogP contribution in [0, 0.1) is 0 Å². The zero-order valence-corrected chi connectivity index (χ0v) is 9.03. The van der Waals surface area contributed by atoms with Gasteiger partial charge in [-0.3, -0.25) is 9.78 Å². The van der Waals surface area contributed by atoms with E-state index in [1.165, 1.54) is 6.20 Å². The first kappa shape index (κ1) is 11.7. The van der Waals surface area contributed by atoms with Gasteiger partial charge in [0.25, 0.3) is 5.91 Å². The van der Waals surface area contributed by atoms with Crippen molar-refractivity contribution in [2.75, 3.05) is 13.2 Å². The minimum atomic E-state index is -0.195. The molecule has 0 bridgehead atoms. The van der Waals surface area contributed by atoms with Crippen molar-refractivity contribution in [3.8, 4) is 0 Å². The first-order valence-electron chi connectivity index (χ1n) is 4.99. The van der Waals surface area contributed by atoms with E-state index in [9.17, 15) is 4.79 Å². The van der Waals surface area contributed by atoms with Crippen LogP contribution in [0.3, 0.4) is 0 Å². The Bertz CT molecular complexity index is 337. The van der Waals surface area contributed by atoms with Crippen molar-refractivity contribution in [2.45, 2.75) is 19.8 Å². The third kappa shape index (κ3) is 3.32. The van der Waals surface area contributed by atoms with Gasteiger partial charge in [0.1, 0.15) is 0 Å². The maximum Gasteiger partial charge on any atom is 0.252 e. The van der Waals surface area contributed by atoms with Crippen LogP contribution in [0.2, 0.25) is 0 Å². The summed E-state index contributed by atoms with van der Waals surface area (Å²) in [5, 5.41) is 11.2. The number of carbonyl (C=O) groups excluding carboxylic acids is 1. The number of aliphatic hydroxyl groups excluding tert-OH is 1. The highest BCUT2D eigenvalue weighted by molar-refractivity contribution is 5.94. The molecule has 0 unspecified atom stereocenters. The van der Waals surface area contributed by atoms with Crippen molar-refractivity contribution < 1.29 is 9.90 Å². The molecular weight excluding hydrogens is 192 g/mol. The zero-order chi connectivity index (χ0) is 11.3. The maximum absolute atomic E-state index is 11.5. The van der Waals surface area contributed by atoms with Gasteiger partial charge < -0.3 is 10.4 Å². The Morgan fingerprint density at radius 1 is 1.53 bits per heavy atom. The second-order valence-electron chi connectivity index (χ2n) is 3.64. The Morgan fingerprint density at radius 2 is 2.27 bits per heavy atom. The van der Waals surface area contributed by atoms with E-state index >= 15 is 0 Å². The first-order valence-corrected chi connectivity index (χ1v) is 4.99. The Balaban J connectivity index is 2.76. The first-order chi connectivity index (χ1) is 7.15. The lowest BCUT2D eigenvalue weighted by Crippen LogP contribution is -2.26. The molecule has 0 aliphatic carbocycles. The molecule has 0 spiro atoms. The fourth-order valence-corrected chi connectivity index (χ4v) is 1.17. The van der Waals surface area contributed by atoms with Crippen molar-refractivity contribution in [1.29, 1.82) is 0 Å². The van der Waals surface area contributed by atoms with Gasteiger partial charge in [-0.05, 0) is 17.5 Å². The molecule has 0 aromatic carbocycles. The van der Waals surface area contributed by atoms with Gasteiger partial charge in [-0.2, -0.15) is 0 Å². The van der Waals surface area contributed by atoms with E-state index in [0.29, 0.717) is 11.5 Å². The Hall–Kier alpha value is -1.42. The number of hydrogen-bond donors (Lipinski definition) is 2. The highest BCUT2D eigenvalue weighted by atomic mass is 16.3. The normalized spacial score (nSPS) is 10.4. The van der Waals surface area contributed by atoms with Gasteiger partial charge in [0.15, 0.2) is 0 Å². The molecule has 0 radical (unpaired) electrons. The van der Waals surface area contributed by atoms with E-state index in [2.05, 4.69) is 10.3 Å². The molecule has 0 atom stereocenters. The molecule has 0 aliphatic rings. The standard InChI is InChI=1S/C11H16N2O2/c1-8(2)9-5-10(7-12-6-9)11(15)13-3-4-14/h5-8,14H,3-4H2,1-2H3,(H,13,15). The van der Waals surface area contributed by atoms with E-state index in [1.807, 2.05) is 19.9 Å². The highest BCUT2D eigenvalue weighted by Crippen LogP contribution is 2.13. The molecule has 0 fully saturated rings. The van der Waals surface area contributed by atoms with Gasteiger partial charge in [0.05, 0.1) is 12.2 Å². The quantitative estimate of drug-likeness (QED) is 0.773. The van der Waals surface area contributed by atoms with E-state index < -0.39 is 0 Å². The molecule has 4 heteroatoms. The molecule has 15 heavy (non-hydrogen) atoms. The predicted molar refractivity (Wildman–Crippen MR) is 57.7 cm³/mol. The van der Waals surface area contributed by atoms with Crippen LogP contribution >= 0.6 is 0 Å². The molecule has 2 N–H and O–H groups in total. The van der Waals surface area contributed by atoms with Crippen molar-refractivity contribution in [3.05, 3.63) is 29.6 Å². The molecule has 0 saturated carbocycles. The molecule has 4 nitrogen and oxygen atoms in total. The van der Waals surface area contributed by atoms with Gasteiger partial charge in [-0.1, -0.05) is 13.8 Å². The second kappa shape index (κ2) is 5.46. The molecule has 1 aromatic heterocycles. The smallest absolute Gasteiger partial charge is 0.252 e. The summed E-state index contributed by atoms with van der Waals surface area (Å²) in [5.41, 5.74) is 1.57. The van der Waals surface area contributed by atoms with Crippen molar-refractivity contribution in [1.82, 2.24) is 10.3 Å². The number of aromatic nitrogens is 1. The fraction of sp³-hybridized carbons (Fsp3) is 0.455. The largest absolute Gasteiger partial charge is 0.395 e. The second-order valence-corrected chi connectivity index (χ2v) is 3.64. The number of rotatable bonds is 4. The van der Waals surface area contributed by atoms with Crippen LogP contribution in [-0.2, 0) is 0 Å². The third-order valence-electron chi connectivity index (χ3n) is 2.09. The highest BCUT2D eigenvalue weighted by Gasteiger charge is 2.07. The maximum atomic E-state index is 11.5. The minimum absolute atomic E-state index is 0.0525. The van der Waals surface area contributed by atoms with Gasteiger partial charge in [0, 0.05) is 18.9 Å². The summed E-state index contributed by atoms with van der Waals surface area (Å²) in [4.78, 5) is 15.5. The fourth-order valence-electron chi connectivity index (χ4n) is 1.17. The summed E-state index contributed by atoms with van der Waals surface area (Å²) in [6.07, 6.45) is 3.28. The Kier molecular flexibility index (Phi) is 4.24. The zero-order valence-electron chi connectivity index (χ0n) is 9.03. The Labute approximate surface area is 89.3 Å². The van der Waals surface area contributed by atoms with Crippen LogP contribution in [0.1, 0.15) is 35.7 Å². The van der Waals surface area contributed by atoms with E-state index in [4.69, 9.17) is 5.11 Å². The van der Waals surface area contributed by atoms with E-state index in [-0.39, 0.29) is 19.1 Å². The van der Waals surface area contributed by atoms with Crippen molar-refractivity contribution in [2.24, 2.45) is 0 Å². The topological polar surface area (TPSA) is 62.2 Å². The molecule has 1 heterocycles. The summed E-state index contributed by atoms with van der Waals surface area (Å²) >= 11 is 0. The van der Waals surface area contributed by atoms with Crippen molar-refractivity contribution >= 4 is 5.91 Å². The molecule has 1 aromatic rings. The monoisotopic (exact) mass is 208 g/mol. The summed E-state index contributed by atoms with van der Waals surface area (Å²) in [5.74, 6) is 0.155. The molecule has 0 saturated heterocycles. The number of nitrogens with zero attached hydrogens (tertiary/aromatic N) is 1.